The number of benzene rings is 5. The fourth-order valence-corrected chi connectivity index (χ4v) is 5.53. The van der Waals surface area contributed by atoms with Crippen LogP contribution in [0.1, 0.15) is 91.5 Å². The molecule has 1 aliphatic heterocycles. The van der Waals surface area contributed by atoms with Crippen molar-refractivity contribution in [3.63, 3.8) is 0 Å². The molecule has 0 bridgehead atoms. The van der Waals surface area contributed by atoms with Crippen molar-refractivity contribution in [2.24, 2.45) is 0 Å². The van der Waals surface area contributed by atoms with Crippen LogP contribution in [0.3, 0.4) is 0 Å². The molecule has 0 saturated carbocycles. The van der Waals surface area contributed by atoms with E-state index >= 15 is 0 Å². The van der Waals surface area contributed by atoms with Gasteiger partial charge in [-0.2, -0.15) is 0 Å². The van der Waals surface area contributed by atoms with Crippen molar-refractivity contribution in [3.05, 3.63) is 142 Å². The van der Waals surface area contributed by atoms with E-state index in [0.717, 1.165) is 6.42 Å². The lowest BCUT2D eigenvalue weighted by Crippen LogP contribution is -2.33. The third kappa shape index (κ3) is 10.8. The molecule has 6 rings (SSSR count). The minimum atomic E-state index is -0.0542. The highest BCUT2D eigenvalue weighted by Gasteiger charge is 2.25. The summed E-state index contributed by atoms with van der Waals surface area (Å²) in [5.74, 6) is 0. The van der Waals surface area contributed by atoms with E-state index in [2.05, 4.69) is 177 Å². The van der Waals surface area contributed by atoms with Crippen LogP contribution in [0.15, 0.2) is 97.1 Å². The summed E-state index contributed by atoms with van der Waals surface area (Å²) in [4.78, 5) is 0. The Morgan fingerprint density at radius 1 is 0.489 bits per heavy atom. The average Bonchev–Trinajstić information content (AvgIpc) is 3.31. The third-order valence-electron chi connectivity index (χ3n) is 8.41. The molecule has 0 radical (unpaired) electrons. The molecule has 45 heavy (non-hydrogen) atoms. The Hall–Kier alpha value is -4.04. The number of fused-ring (bicyclic) bond motifs is 2. The molecule has 0 atom stereocenters. The maximum absolute atomic E-state index is 3.51. The van der Waals surface area contributed by atoms with Gasteiger partial charge in [0, 0.05) is 0 Å². The first kappa shape index (κ1) is 35.4. The number of nitrogens with one attached hydrogen (secondary N) is 2. The summed E-state index contributed by atoms with van der Waals surface area (Å²) in [5, 5.41) is 9.72. The van der Waals surface area contributed by atoms with Gasteiger partial charge >= 0.3 is 0 Å². The van der Waals surface area contributed by atoms with Gasteiger partial charge in [0.1, 0.15) is 5.66 Å². The van der Waals surface area contributed by atoms with E-state index in [1.807, 2.05) is 0 Å². The molecule has 5 aromatic rings. The van der Waals surface area contributed by atoms with Gasteiger partial charge in [-0.05, 0) is 129 Å². The molecule has 238 valence electrons. The molecule has 5 aromatic carbocycles. The van der Waals surface area contributed by atoms with Crippen molar-refractivity contribution in [3.8, 4) is 0 Å². The van der Waals surface area contributed by atoms with Crippen LogP contribution >= 0.6 is 0 Å². The fourth-order valence-electron chi connectivity index (χ4n) is 5.53. The van der Waals surface area contributed by atoms with Crippen molar-refractivity contribution in [1.82, 2.24) is 0 Å². The lowest BCUT2D eigenvalue weighted by Gasteiger charge is -2.19. The summed E-state index contributed by atoms with van der Waals surface area (Å²) in [6.07, 6.45) is 5.06. The third-order valence-corrected chi connectivity index (χ3v) is 8.41. The molecule has 1 heterocycles. The zero-order chi connectivity index (χ0) is 33.0. The van der Waals surface area contributed by atoms with Crippen molar-refractivity contribution >= 4 is 22.1 Å². The van der Waals surface area contributed by atoms with E-state index in [0.29, 0.717) is 0 Å². The summed E-state index contributed by atoms with van der Waals surface area (Å²) < 4.78 is 0. The highest BCUT2D eigenvalue weighted by Crippen LogP contribution is 2.34. The van der Waals surface area contributed by atoms with Gasteiger partial charge in [0.2, 0.25) is 0 Å². The van der Waals surface area contributed by atoms with E-state index in [4.69, 9.17) is 0 Å². The maximum atomic E-state index is 3.51. The Morgan fingerprint density at radius 3 is 1.47 bits per heavy atom. The molecular weight excluding hydrogens is 544 g/mol. The Balaban J connectivity index is 0.000000187. The molecule has 2 N–H and O–H groups in total. The standard InChI is InChI=1S/C18H22N2.C12H12.C8H10.C5H12/c1-12-5-6-14(9-13(12)2)10-15-7-8-16-17(11-15)20-18(3,4)19-16;1-9-5-3-7-11-8-4-6-10(2)12(9)11;1-7-5-3-4-6-8(7)2;1-3-5-4-2/h5-9,11,19-20H,10H2,1-4H3;3-8H,1-2H3;3-6H,1-2H3;3-5H2,1-2H3. The number of hydrogen-bond donors (Lipinski definition) is 2. The van der Waals surface area contributed by atoms with Gasteiger partial charge in [0.15, 0.2) is 0 Å². The van der Waals surface area contributed by atoms with Crippen molar-refractivity contribution in [2.75, 3.05) is 10.6 Å². The first-order valence-electron chi connectivity index (χ1n) is 16.7. The minimum absolute atomic E-state index is 0.0542. The Bertz CT molecular complexity index is 1600. The Labute approximate surface area is 274 Å². The molecular formula is C43H56N2. The molecule has 1 aliphatic rings. The molecule has 0 spiro atoms. The second kappa shape index (κ2) is 16.9. The van der Waals surface area contributed by atoms with E-state index in [9.17, 15) is 0 Å². The van der Waals surface area contributed by atoms with E-state index in [-0.39, 0.29) is 5.66 Å². The number of aryl methyl sites for hydroxylation is 6. The van der Waals surface area contributed by atoms with Gasteiger partial charge in [-0.15, -0.1) is 0 Å². The van der Waals surface area contributed by atoms with Crippen LogP contribution in [0.25, 0.3) is 10.8 Å². The van der Waals surface area contributed by atoms with Gasteiger partial charge < -0.3 is 10.6 Å². The van der Waals surface area contributed by atoms with Crippen LogP contribution in [-0.2, 0) is 6.42 Å². The monoisotopic (exact) mass is 600 g/mol. The number of rotatable bonds is 4. The van der Waals surface area contributed by atoms with Crippen molar-refractivity contribution < 1.29 is 0 Å². The summed E-state index contributed by atoms with van der Waals surface area (Å²) in [7, 11) is 0. The minimum Gasteiger partial charge on any atom is -0.362 e. The van der Waals surface area contributed by atoms with Gasteiger partial charge in [0.05, 0.1) is 11.4 Å². The summed E-state index contributed by atoms with van der Waals surface area (Å²) in [6.45, 7) is 21.6. The molecule has 0 aromatic heterocycles. The van der Waals surface area contributed by atoms with E-state index in [1.54, 1.807) is 0 Å². The second-order valence-electron chi connectivity index (χ2n) is 13.0. The summed E-state index contributed by atoms with van der Waals surface area (Å²) >= 11 is 0. The van der Waals surface area contributed by atoms with E-state index in [1.165, 1.54) is 85.9 Å². The van der Waals surface area contributed by atoms with Crippen LogP contribution in [0.5, 0.6) is 0 Å². The molecule has 2 heteroatoms. The summed E-state index contributed by atoms with van der Waals surface area (Å²) in [6, 6.07) is 34.6. The van der Waals surface area contributed by atoms with Crippen LogP contribution in [0, 0.1) is 41.5 Å². The topological polar surface area (TPSA) is 24.1 Å². The van der Waals surface area contributed by atoms with Crippen molar-refractivity contribution in [1.29, 1.82) is 0 Å². The molecule has 0 aliphatic carbocycles. The van der Waals surface area contributed by atoms with Gasteiger partial charge in [-0.1, -0.05) is 118 Å². The quantitative estimate of drug-likeness (QED) is 0.214. The van der Waals surface area contributed by atoms with Gasteiger partial charge in [-0.3, -0.25) is 0 Å². The first-order valence-corrected chi connectivity index (χ1v) is 16.7. The second-order valence-corrected chi connectivity index (χ2v) is 13.0. The molecule has 0 saturated heterocycles. The van der Waals surface area contributed by atoms with E-state index < -0.39 is 0 Å². The Morgan fingerprint density at radius 2 is 0.978 bits per heavy atom. The van der Waals surface area contributed by atoms with Crippen LogP contribution in [-0.4, -0.2) is 5.66 Å². The number of hydrogen-bond acceptors (Lipinski definition) is 2. The smallest absolute Gasteiger partial charge is 0.102 e. The average molecular weight is 601 g/mol. The van der Waals surface area contributed by atoms with Crippen LogP contribution in [0.2, 0.25) is 0 Å². The predicted octanol–water partition coefficient (Wildman–Crippen LogP) is 12.4. The highest BCUT2D eigenvalue weighted by atomic mass is 15.2. The SMILES string of the molecule is CCCCC.Cc1ccc(Cc2ccc3c(c2)NC(C)(C)N3)cc1C.Cc1cccc2cccc(C)c12.Cc1ccccc1C. The molecule has 0 fully saturated rings. The van der Waals surface area contributed by atoms with Gasteiger partial charge in [-0.25, -0.2) is 0 Å². The van der Waals surface area contributed by atoms with Gasteiger partial charge in [0.25, 0.3) is 0 Å². The lowest BCUT2D eigenvalue weighted by atomic mass is 10.00. The predicted molar refractivity (Wildman–Crippen MR) is 201 cm³/mol. The highest BCUT2D eigenvalue weighted by molar-refractivity contribution is 5.88. The normalized spacial score (nSPS) is 12.2. The molecule has 0 amide bonds. The first-order chi connectivity index (χ1) is 21.4. The zero-order valence-corrected chi connectivity index (χ0v) is 29.6. The van der Waals surface area contributed by atoms with Crippen LogP contribution in [0.4, 0.5) is 11.4 Å². The zero-order valence-electron chi connectivity index (χ0n) is 29.6. The molecule has 0 unspecified atom stereocenters. The number of anilines is 2. The maximum Gasteiger partial charge on any atom is 0.102 e. The molecule has 2 nitrogen and oxygen atoms in total. The fraction of sp³-hybridized carbons (Fsp3) is 0.349. The van der Waals surface area contributed by atoms with Crippen LogP contribution < -0.4 is 10.6 Å². The summed E-state index contributed by atoms with van der Waals surface area (Å²) in [5.41, 5.74) is 13.3. The number of unbranched alkanes of at least 4 members (excludes halogenated alkanes) is 2. The Kier molecular flexibility index (Phi) is 13.3. The van der Waals surface area contributed by atoms with Crippen molar-refractivity contribution in [2.45, 2.75) is 101 Å². The lowest BCUT2D eigenvalue weighted by molar-refractivity contribution is 0.675. The largest absolute Gasteiger partial charge is 0.362 e.